The Morgan fingerprint density at radius 1 is 1.38 bits per heavy atom. The van der Waals surface area contributed by atoms with Crippen LogP contribution < -0.4 is 11.2 Å². The van der Waals surface area contributed by atoms with Crippen LogP contribution >= 0.6 is 15.9 Å². The number of halogens is 1. The van der Waals surface area contributed by atoms with E-state index < -0.39 is 11.2 Å². The largest absolute Gasteiger partial charge is 0.351 e. The van der Waals surface area contributed by atoms with Crippen molar-refractivity contribution in [1.29, 1.82) is 0 Å². The van der Waals surface area contributed by atoms with E-state index in [0.29, 0.717) is 5.70 Å². The normalized spacial score (nSPS) is 12.4. The quantitative estimate of drug-likeness (QED) is 0.766. The van der Waals surface area contributed by atoms with Crippen molar-refractivity contribution in [3.63, 3.8) is 0 Å². The SMILES string of the molecule is C/C=C\C(=C/C)n1nc(Br)c(=O)n(C)c1=O. The Labute approximate surface area is 101 Å². The maximum atomic E-state index is 11.8. The zero-order chi connectivity index (χ0) is 12.3. The highest BCUT2D eigenvalue weighted by Crippen LogP contribution is 2.02. The van der Waals surface area contributed by atoms with Gasteiger partial charge in [-0.1, -0.05) is 12.2 Å². The molecular weight excluding hydrogens is 274 g/mol. The van der Waals surface area contributed by atoms with Crippen LogP contribution in [0, 0.1) is 0 Å². The van der Waals surface area contributed by atoms with E-state index in [0.717, 1.165) is 4.57 Å². The Bertz CT molecular complexity index is 566. The van der Waals surface area contributed by atoms with Crippen LogP contribution in [0.5, 0.6) is 0 Å². The van der Waals surface area contributed by atoms with Gasteiger partial charge in [0.15, 0.2) is 4.60 Å². The van der Waals surface area contributed by atoms with Gasteiger partial charge in [-0.15, -0.1) is 0 Å². The van der Waals surface area contributed by atoms with Crippen LogP contribution in [0.3, 0.4) is 0 Å². The summed E-state index contributed by atoms with van der Waals surface area (Å²) in [5.74, 6) is 0. The maximum absolute atomic E-state index is 11.8. The molecule has 0 fully saturated rings. The van der Waals surface area contributed by atoms with Crippen molar-refractivity contribution in [1.82, 2.24) is 14.3 Å². The molecule has 0 saturated carbocycles. The highest BCUT2D eigenvalue weighted by molar-refractivity contribution is 9.10. The lowest BCUT2D eigenvalue weighted by Crippen LogP contribution is -2.39. The molecule has 1 aromatic heterocycles. The molecule has 0 amide bonds. The highest BCUT2D eigenvalue weighted by Gasteiger charge is 2.09. The molecule has 0 atom stereocenters. The average Bonchev–Trinajstić information content (AvgIpc) is 2.28. The van der Waals surface area contributed by atoms with E-state index in [1.165, 1.54) is 11.7 Å². The first kappa shape index (κ1) is 12.6. The van der Waals surface area contributed by atoms with Crippen LogP contribution in [-0.2, 0) is 7.05 Å². The van der Waals surface area contributed by atoms with Crippen LogP contribution in [0.25, 0.3) is 5.70 Å². The van der Waals surface area contributed by atoms with Gasteiger partial charge in [0.25, 0.3) is 5.56 Å². The number of allylic oxidation sites excluding steroid dienone is 4. The minimum atomic E-state index is -0.473. The molecule has 1 rings (SSSR count). The molecule has 0 radical (unpaired) electrons. The van der Waals surface area contributed by atoms with E-state index >= 15 is 0 Å². The van der Waals surface area contributed by atoms with Gasteiger partial charge in [-0.05, 0) is 35.9 Å². The molecule has 0 N–H and O–H groups in total. The Morgan fingerprint density at radius 2 is 2.00 bits per heavy atom. The molecule has 0 unspecified atom stereocenters. The number of rotatable bonds is 2. The molecule has 86 valence electrons. The molecule has 0 saturated heterocycles. The van der Waals surface area contributed by atoms with Crippen molar-refractivity contribution in [2.24, 2.45) is 7.05 Å². The van der Waals surface area contributed by atoms with E-state index in [1.807, 2.05) is 6.92 Å². The lowest BCUT2D eigenvalue weighted by Gasteiger charge is -2.06. The first-order valence-corrected chi connectivity index (χ1v) is 5.47. The predicted molar refractivity (Wildman–Crippen MR) is 66.2 cm³/mol. The van der Waals surface area contributed by atoms with E-state index in [-0.39, 0.29) is 4.60 Å². The third kappa shape index (κ3) is 2.21. The number of nitrogens with zero attached hydrogens (tertiary/aromatic N) is 3. The summed E-state index contributed by atoms with van der Waals surface area (Å²) in [5.41, 5.74) is -0.305. The highest BCUT2D eigenvalue weighted by atomic mass is 79.9. The van der Waals surface area contributed by atoms with Crippen molar-refractivity contribution >= 4 is 21.6 Å². The molecule has 0 spiro atoms. The van der Waals surface area contributed by atoms with Gasteiger partial charge < -0.3 is 0 Å². The van der Waals surface area contributed by atoms with Crippen molar-refractivity contribution < 1.29 is 0 Å². The zero-order valence-electron chi connectivity index (χ0n) is 9.27. The topological polar surface area (TPSA) is 56.9 Å². The lowest BCUT2D eigenvalue weighted by atomic mass is 10.4. The van der Waals surface area contributed by atoms with Crippen molar-refractivity contribution in [2.75, 3.05) is 0 Å². The predicted octanol–water partition coefficient (Wildman–Crippen LogP) is 1.14. The minimum absolute atomic E-state index is 0.110. The summed E-state index contributed by atoms with van der Waals surface area (Å²) in [6.45, 7) is 3.63. The van der Waals surface area contributed by atoms with Crippen LogP contribution in [0.15, 0.2) is 32.4 Å². The van der Waals surface area contributed by atoms with Gasteiger partial charge in [-0.3, -0.25) is 9.36 Å². The van der Waals surface area contributed by atoms with Crippen molar-refractivity contribution in [2.45, 2.75) is 13.8 Å². The second-order valence-corrected chi connectivity index (χ2v) is 3.81. The fourth-order valence-electron chi connectivity index (χ4n) is 1.17. The molecule has 1 aromatic rings. The molecule has 16 heavy (non-hydrogen) atoms. The summed E-state index contributed by atoms with van der Waals surface area (Å²) in [7, 11) is 1.41. The van der Waals surface area contributed by atoms with E-state index in [2.05, 4.69) is 21.0 Å². The summed E-state index contributed by atoms with van der Waals surface area (Å²) in [4.78, 5) is 23.2. The summed E-state index contributed by atoms with van der Waals surface area (Å²) in [6.07, 6.45) is 5.28. The molecule has 0 bridgehead atoms. The van der Waals surface area contributed by atoms with E-state index in [9.17, 15) is 9.59 Å². The molecular formula is C10H12BrN3O2. The molecule has 0 aliphatic rings. The first-order valence-electron chi connectivity index (χ1n) is 4.68. The first-order chi connectivity index (χ1) is 7.52. The van der Waals surface area contributed by atoms with Crippen molar-refractivity contribution in [3.05, 3.63) is 43.7 Å². The van der Waals surface area contributed by atoms with Gasteiger partial charge in [0, 0.05) is 7.05 Å². The second-order valence-electron chi connectivity index (χ2n) is 3.06. The number of hydrogen-bond acceptors (Lipinski definition) is 3. The molecule has 0 aliphatic heterocycles. The fraction of sp³-hybridized carbons (Fsp3) is 0.300. The monoisotopic (exact) mass is 285 g/mol. The third-order valence-corrected chi connectivity index (χ3v) is 2.51. The molecule has 0 aliphatic carbocycles. The Hall–Kier alpha value is -1.43. The van der Waals surface area contributed by atoms with Gasteiger partial charge in [-0.25, -0.2) is 4.79 Å². The number of hydrogen-bond donors (Lipinski definition) is 0. The minimum Gasteiger partial charge on any atom is -0.266 e. The van der Waals surface area contributed by atoms with E-state index in [4.69, 9.17) is 0 Å². The average molecular weight is 286 g/mol. The van der Waals surface area contributed by atoms with Crippen LogP contribution in [-0.4, -0.2) is 14.3 Å². The van der Waals surface area contributed by atoms with Crippen LogP contribution in [0.4, 0.5) is 0 Å². The smallest absolute Gasteiger partial charge is 0.266 e. The van der Waals surface area contributed by atoms with Crippen LogP contribution in [0.1, 0.15) is 13.8 Å². The molecule has 1 heterocycles. The standard InChI is InChI=1S/C10H12BrN3O2/c1-4-6-7(5-2)14-10(16)13(3)9(15)8(11)12-14/h4-6H,1-3H3/b6-4-,7-5+. The molecule has 5 nitrogen and oxygen atoms in total. The Kier molecular flexibility index (Phi) is 4.00. The summed E-state index contributed by atoms with van der Waals surface area (Å²) in [6, 6.07) is 0. The summed E-state index contributed by atoms with van der Waals surface area (Å²) in [5, 5.41) is 3.89. The molecule has 0 aromatic carbocycles. The van der Waals surface area contributed by atoms with Gasteiger partial charge >= 0.3 is 5.69 Å². The van der Waals surface area contributed by atoms with Gasteiger partial charge in [0.2, 0.25) is 0 Å². The third-order valence-electron chi connectivity index (χ3n) is 2.01. The summed E-state index contributed by atoms with van der Waals surface area (Å²) >= 11 is 3.02. The Balaban J connectivity index is 3.60. The van der Waals surface area contributed by atoms with E-state index in [1.54, 1.807) is 25.2 Å². The number of aromatic nitrogens is 3. The van der Waals surface area contributed by atoms with Gasteiger partial charge in [0.05, 0.1) is 5.70 Å². The van der Waals surface area contributed by atoms with Gasteiger partial charge in [-0.2, -0.15) is 9.78 Å². The Morgan fingerprint density at radius 3 is 2.50 bits per heavy atom. The van der Waals surface area contributed by atoms with Crippen molar-refractivity contribution in [3.8, 4) is 0 Å². The van der Waals surface area contributed by atoms with Gasteiger partial charge in [0.1, 0.15) is 0 Å². The fourth-order valence-corrected chi connectivity index (χ4v) is 1.59. The molecule has 6 heteroatoms. The second kappa shape index (κ2) is 5.07. The zero-order valence-corrected chi connectivity index (χ0v) is 10.9. The summed E-state index contributed by atoms with van der Waals surface area (Å²) < 4.78 is 2.29. The van der Waals surface area contributed by atoms with Crippen LogP contribution in [0.2, 0.25) is 0 Å². The lowest BCUT2D eigenvalue weighted by molar-refractivity contribution is 0.654. The maximum Gasteiger partial charge on any atom is 0.351 e.